The van der Waals surface area contributed by atoms with E-state index in [9.17, 15) is 14.9 Å². The molecule has 2 aromatic rings. The molecule has 0 saturated carbocycles. The second-order valence-electron chi connectivity index (χ2n) is 4.07. The van der Waals surface area contributed by atoms with Crippen LogP contribution in [0.15, 0.2) is 16.8 Å². The number of benzene rings is 1. The van der Waals surface area contributed by atoms with Crippen LogP contribution in [0.1, 0.15) is 13.3 Å². The Morgan fingerprint density at radius 1 is 1.53 bits per heavy atom. The van der Waals surface area contributed by atoms with E-state index in [1.165, 1.54) is 12.1 Å². The number of anilines is 1. The fraction of sp³-hybridized carbons (Fsp3) is 0.300. The fourth-order valence-electron chi connectivity index (χ4n) is 1.74. The highest BCUT2D eigenvalue weighted by molar-refractivity contribution is 5.93. The molecule has 1 unspecified atom stereocenters. The summed E-state index contributed by atoms with van der Waals surface area (Å²) in [5.74, 6) is -0.448. The monoisotopic (exact) mass is 265 g/mol. The molecule has 0 aliphatic carbocycles. The van der Waals surface area contributed by atoms with Crippen LogP contribution in [0.2, 0.25) is 0 Å². The molecule has 9 nitrogen and oxygen atoms in total. The number of nitrogens with zero attached hydrogens (tertiary/aromatic N) is 3. The van der Waals surface area contributed by atoms with Gasteiger partial charge in [-0.25, -0.2) is 4.63 Å². The van der Waals surface area contributed by atoms with Crippen LogP contribution < -0.4 is 11.1 Å². The molecule has 1 aromatic carbocycles. The second-order valence-corrected chi connectivity index (χ2v) is 4.07. The van der Waals surface area contributed by atoms with E-state index < -0.39 is 10.8 Å². The molecule has 1 amide bonds. The summed E-state index contributed by atoms with van der Waals surface area (Å²) >= 11 is 0. The Hall–Kier alpha value is -2.71. The first-order valence-corrected chi connectivity index (χ1v) is 5.43. The highest BCUT2D eigenvalue weighted by atomic mass is 16.6. The maximum Gasteiger partial charge on any atom is 0.300 e. The Balaban J connectivity index is 2.35. The van der Waals surface area contributed by atoms with Gasteiger partial charge >= 0.3 is 5.69 Å². The molecule has 1 heterocycles. The predicted octanol–water partition coefficient (Wildman–Crippen LogP) is 0.807. The molecule has 100 valence electrons. The number of nitro benzene ring substituents is 1. The summed E-state index contributed by atoms with van der Waals surface area (Å²) in [6, 6.07) is 2.55. The number of fused-ring (bicyclic) bond motifs is 1. The van der Waals surface area contributed by atoms with Gasteiger partial charge in [-0.05, 0) is 23.3 Å². The van der Waals surface area contributed by atoms with Gasteiger partial charge in [0.05, 0.1) is 10.6 Å². The van der Waals surface area contributed by atoms with Crippen LogP contribution in [0.3, 0.4) is 0 Å². The van der Waals surface area contributed by atoms with Crippen LogP contribution in [0.5, 0.6) is 0 Å². The first-order chi connectivity index (χ1) is 8.99. The molecule has 0 fully saturated rings. The summed E-state index contributed by atoms with van der Waals surface area (Å²) in [6.45, 7) is 1.76. The third-order valence-electron chi connectivity index (χ3n) is 2.50. The molecule has 9 heteroatoms. The van der Waals surface area contributed by atoms with E-state index in [1.54, 1.807) is 6.92 Å². The molecule has 0 bridgehead atoms. The van der Waals surface area contributed by atoms with Crippen molar-refractivity contribution in [1.82, 2.24) is 10.3 Å². The van der Waals surface area contributed by atoms with Crippen molar-refractivity contribution in [2.75, 3.05) is 5.32 Å². The molecular formula is C10H11N5O4. The van der Waals surface area contributed by atoms with Gasteiger partial charge in [-0.3, -0.25) is 14.9 Å². The zero-order chi connectivity index (χ0) is 14.0. The standard InChI is InChI=1S/C10H11N5O4/c1-5(4-8(11)16)12-6-2-3-7(15(17)18)10-9(6)13-19-14-10/h2-3,5,12H,4H2,1H3,(H2,11,16). The maximum absolute atomic E-state index is 10.8. The average Bonchev–Trinajstić information content (AvgIpc) is 2.76. The summed E-state index contributed by atoms with van der Waals surface area (Å²) in [4.78, 5) is 21.0. The smallest absolute Gasteiger partial charge is 0.300 e. The minimum atomic E-state index is -0.566. The SMILES string of the molecule is CC(CC(N)=O)Nc1ccc([N+](=O)[O-])c2nonc12. The van der Waals surface area contributed by atoms with E-state index in [4.69, 9.17) is 5.73 Å². The number of hydrogen-bond donors (Lipinski definition) is 2. The number of amides is 1. The first kappa shape index (κ1) is 12.7. The van der Waals surface area contributed by atoms with Crippen molar-refractivity contribution in [2.45, 2.75) is 19.4 Å². The number of hydrogen-bond acceptors (Lipinski definition) is 7. The number of rotatable bonds is 5. The highest BCUT2D eigenvalue weighted by Gasteiger charge is 2.20. The van der Waals surface area contributed by atoms with Gasteiger partial charge in [-0.1, -0.05) is 0 Å². The molecular weight excluding hydrogens is 254 g/mol. The van der Waals surface area contributed by atoms with Crippen molar-refractivity contribution in [3.05, 3.63) is 22.2 Å². The Kier molecular flexibility index (Phi) is 3.27. The highest BCUT2D eigenvalue weighted by Crippen LogP contribution is 2.29. The molecule has 1 aromatic heterocycles. The van der Waals surface area contributed by atoms with Crippen LogP contribution in [0.4, 0.5) is 11.4 Å². The van der Waals surface area contributed by atoms with Crippen molar-refractivity contribution in [3.8, 4) is 0 Å². The quantitative estimate of drug-likeness (QED) is 0.602. The van der Waals surface area contributed by atoms with Crippen LogP contribution in [-0.4, -0.2) is 27.2 Å². The van der Waals surface area contributed by atoms with Crippen LogP contribution in [0, 0.1) is 10.1 Å². The summed E-state index contributed by atoms with van der Waals surface area (Å²) < 4.78 is 4.52. The van der Waals surface area contributed by atoms with Gasteiger partial charge in [-0.2, -0.15) is 0 Å². The normalized spacial score (nSPS) is 12.3. The van der Waals surface area contributed by atoms with Gasteiger partial charge in [0, 0.05) is 18.5 Å². The van der Waals surface area contributed by atoms with Gasteiger partial charge < -0.3 is 11.1 Å². The Labute approximate surface area is 106 Å². The van der Waals surface area contributed by atoms with Crippen molar-refractivity contribution in [2.24, 2.45) is 5.73 Å². The molecule has 0 aliphatic rings. The van der Waals surface area contributed by atoms with Gasteiger partial charge in [0.2, 0.25) is 11.4 Å². The topological polar surface area (TPSA) is 137 Å². The van der Waals surface area contributed by atoms with E-state index in [0.29, 0.717) is 5.69 Å². The van der Waals surface area contributed by atoms with E-state index in [-0.39, 0.29) is 29.2 Å². The lowest BCUT2D eigenvalue weighted by Crippen LogP contribution is -2.24. The van der Waals surface area contributed by atoms with Crippen LogP contribution in [0.25, 0.3) is 11.0 Å². The largest absolute Gasteiger partial charge is 0.380 e. The number of carbonyl (C=O) groups excluding carboxylic acids is 1. The molecule has 0 saturated heterocycles. The molecule has 0 aliphatic heterocycles. The van der Waals surface area contributed by atoms with Crippen molar-refractivity contribution in [3.63, 3.8) is 0 Å². The molecule has 0 spiro atoms. The fourth-order valence-corrected chi connectivity index (χ4v) is 1.74. The minimum Gasteiger partial charge on any atom is -0.380 e. The number of carbonyl (C=O) groups is 1. The third-order valence-corrected chi connectivity index (χ3v) is 2.50. The third kappa shape index (κ3) is 2.59. The predicted molar refractivity (Wildman–Crippen MR) is 65.4 cm³/mol. The molecule has 19 heavy (non-hydrogen) atoms. The maximum atomic E-state index is 10.8. The van der Waals surface area contributed by atoms with E-state index in [2.05, 4.69) is 20.3 Å². The van der Waals surface area contributed by atoms with Crippen molar-refractivity contribution < 1.29 is 14.3 Å². The average molecular weight is 265 g/mol. The second kappa shape index (κ2) is 4.88. The van der Waals surface area contributed by atoms with Crippen molar-refractivity contribution in [1.29, 1.82) is 0 Å². The van der Waals surface area contributed by atoms with E-state index in [1.807, 2.05) is 0 Å². The number of nitrogens with two attached hydrogens (primary N) is 1. The lowest BCUT2D eigenvalue weighted by molar-refractivity contribution is -0.383. The van der Waals surface area contributed by atoms with Gasteiger partial charge in [0.25, 0.3) is 0 Å². The molecule has 2 rings (SSSR count). The summed E-state index contributed by atoms with van der Waals surface area (Å²) in [6.07, 6.45) is 0.129. The molecule has 1 atom stereocenters. The lowest BCUT2D eigenvalue weighted by Gasteiger charge is -2.13. The van der Waals surface area contributed by atoms with E-state index >= 15 is 0 Å². The lowest BCUT2D eigenvalue weighted by atomic mass is 10.2. The van der Waals surface area contributed by atoms with E-state index in [0.717, 1.165) is 0 Å². The van der Waals surface area contributed by atoms with Crippen LogP contribution in [-0.2, 0) is 4.79 Å². The Bertz CT molecular complexity index is 638. The number of nitro groups is 1. The number of primary amides is 1. The summed E-state index contributed by atoms with van der Waals surface area (Å²) in [5.41, 5.74) is 5.69. The van der Waals surface area contributed by atoms with Gasteiger partial charge in [-0.15, -0.1) is 0 Å². The zero-order valence-corrected chi connectivity index (χ0v) is 9.99. The summed E-state index contributed by atoms with van der Waals surface area (Å²) in [7, 11) is 0. The first-order valence-electron chi connectivity index (χ1n) is 5.43. The van der Waals surface area contributed by atoms with Crippen molar-refractivity contribution >= 4 is 28.3 Å². The minimum absolute atomic E-state index is 0.0567. The number of nitrogens with one attached hydrogen (secondary N) is 1. The van der Waals surface area contributed by atoms with Crippen LogP contribution >= 0.6 is 0 Å². The Morgan fingerprint density at radius 2 is 2.21 bits per heavy atom. The summed E-state index contributed by atoms with van der Waals surface area (Å²) in [5, 5.41) is 20.9. The number of non-ortho nitro benzene ring substituents is 1. The molecule has 0 radical (unpaired) electrons. The number of aromatic nitrogens is 2. The zero-order valence-electron chi connectivity index (χ0n) is 9.99. The van der Waals surface area contributed by atoms with Gasteiger partial charge in [0.1, 0.15) is 0 Å². The molecule has 3 N–H and O–H groups in total. The van der Waals surface area contributed by atoms with Gasteiger partial charge in [0.15, 0.2) is 5.52 Å². The Morgan fingerprint density at radius 3 is 2.84 bits per heavy atom.